The number of carbonyl (C=O) groups is 1. The van der Waals surface area contributed by atoms with Crippen molar-refractivity contribution >= 4 is 34.6 Å². The van der Waals surface area contributed by atoms with E-state index in [1.54, 1.807) is 23.2 Å². The number of hydrogen-bond acceptors (Lipinski definition) is 5. The summed E-state index contributed by atoms with van der Waals surface area (Å²) < 4.78 is 20.2. The third kappa shape index (κ3) is 5.10. The lowest BCUT2D eigenvalue weighted by Gasteiger charge is -2.24. The Labute approximate surface area is 192 Å². The number of aliphatic imine (C=N–C) groups is 1. The lowest BCUT2D eigenvalue weighted by Crippen LogP contribution is -2.36. The molecular weight excluding hydrogens is 423 g/mol. The maximum Gasteiger partial charge on any atom is 0.410 e. The maximum atomic E-state index is 14.7. The molecule has 1 aliphatic rings. The van der Waals surface area contributed by atoms with Gasteiger partial charge in [-0.2, -0.15) is 0 Å². The van der Waals surface area contributed by atoms with Gasteiger partial charge in [0.2, 0.25) is 0 Å². The molecule has 2 aromatic carbocycles. The molecule has 8 heteroatoms. The summed E-state index contributed by atoms with van der Waals surface area (Å²) in [6.45, 7) is 8.46. The zero-order valence-electron chi connectivity index (χ0n) is 19.3. The van der Waals surface area contributed by atoms with Gasteiger partial charge in [-0.05, 0) is 57.9 Å². The number of H-pyrrole nitrogens is 1. The van der Waals surface area contributed by atoms with Crippen LogP contribution in [0.2, 0.25) is 0 Å². The number of aromatic nitrogens is 1. The predicted molar refractivity (Wildman–Crippen MR) is 128 cm³/mol. The Balaban J connectivity index is 1.43. The number of hydrogen-bond donors (Lipinski definition) is 3. The number of fused-ring (bicyclic) bond motifs is 1. The fourth-order valence-electron chi connectivity index (χ4n) is 4.00. The molecule has 7 nitrogen and oxygen atoms in total. The first kappa shape index (κ1) is 22.6. The SMILES string of the molecule is Cc1cccc2[nH]c(O)c(C=Nc3ccc(NC4CCN(C(=O)OC(C)(C)C)C4)c(F)c3)c12. The summed E-state index contributed by atoms with van der Waals surface area (Å²) in [5.41, 5.74) is 2.63. The quantitative estimate of drug-likeness (QED) is 0.457. The van der Waals surface area contributed by atoms with Crippen molar-refractivity contribution in [2.75, 3.05) is 18.4 Å². The Morgan fingerprint density at radius 3 is 2.85 bits per heavy atom. The second-order valence-electron chi connectivity index (χ2n) is 9.36. The minimum atomic E-state index is -0.548. The minimum absolute atomic E-state index is 0.0255. The van der Waals surface area contributed by atoms with E-state index in [4.69, 9.17) is 4.74 Å². The molecule has 1 aromatic heterocycles. The largest absolute Gasteiger partial charge is 0.494 e. The van der Waals surface area contributed by atoms with Crippen LogP contribution >= 0.6 is 0 Å². The number of aromatic hydroxyl groups is 1. The number of aryl methyl sites for hydroxylation is 1. The second kappa shape index (κ2) is 8.77. The first-order chi connectivity index (χ1) is 15.6. The van der Waals surface area contributed by atoms with Crippen molar-refractivity contribution in [3.63, 3.8) is 0 Å². The van der Waals surface area contributed by atoms with E-state index in [-0.39, 0.29) is 18.0 Å². The first-order valence-electron chi connectivity index (χ1n) is 11.0. The van der Waals surface area contributed by atoms with Gasteiger partial charge in [0, 0.05) is 42.3 Å². The van der Waals surface area contributed by atoms with Gasteiger partial charge >= 0.3 is 6.09 Å². The molecule has 2 heterocycles. The third-order valence-corrected chi connectivity index (χ3v) is 5.55. The van der Waals surface area contributed by atoms with Gasteiger partial charge in [-0.25, -0.2) is 9.18 Å². The number of aromatic amines is 1. The van der Waals surface area contributed by atoms with Crippen LogP contribution in [0.15, 0.2) is 41.4 Å². The number of anilines is 1. The molecular formula is C25H29FN4O3. The van der Waals surface area contributed by atoms with Gasteiger partial charge in [0.1, 0.15) is 11.4 Å². The highest BCUT2D eigenvalue weighted by Crippen LogP contribution is 2.29. The van der Waals surface area contributed by atoms with E-state index in [9.17, 15) is 14.3 Å². The molecule has 4 rings (SSSR count). The summed E-state index contributed by atoms with van der Waals surface area (Å²) in [7, 11) is 0. The summed E-state index contributed by atoms with van der Waals surface area (Å²) in [6.07, 6.45) is 1.89. The number of carbonyl (C=O) groups excluding carboxylic acids is 1. The van der Waals surface area contributed by atoms with Crippen LogP contribution in [0.5, 0.6) is 5.88 Å². The van der Waals surface area contributed by atoms with Crippen molar-refractivity contribution in [1.29, 1.82) is 0 Å². The lowest BCUT2D eigenvalue weighted by atomic mass is 10.1. The molecule has 1 aliphatic heterocycles. The second-order valence-corrected chi connectivity index (χ2v) is 9.36. The van der Waals surface area contributed by atoms with Gasteiger partial charge in [-0.1, -0.05) is 12.1 Å². The summed E-state index contributed by atoms with van der Waals surface area (Å²) in [6, 6.07) is 10.4. The van der Waals surface area contributed by atoms with E-state index in [1.807, 2.05) is 45.9 Å². The zero-order valence-corrected chi connectivity index (χ0v) is 19.3. The van der Waals surface area contributed by atoms with E-state index >= 15 is 0 Å². The molecule has 3 aromatic rings. The van der Waals surface area contributed by atoms with E-state index in [2.05, 4.69) is 15.3 Å². The summed E-state index contributed by atoms with van der Waals surface area (Å²) in [4.78, 5) is 21.2. The average Bonchev–Trinajstić information content (AvgIpc) is 3.32. The molecule has 1 unspecified atom stereocenters. The molecule has 3 N–H and O–H groups in total. The minimum Gasteiger partial charge on any atom is -0.494 e. The number of nitrogens with one attached hydrogen (secondary N) is 2. The normalized spacial score (nSPS) is 16.6. The van der Waals surface area contributed by atoms with E-state index < -0.39 is 11.4 Å². The molecule has 1 atom stereocenters. The molecule has 33 heavy (non-hydrogen) atoms. The molecule has 0 radical (unpaired) electrons. The van der Waals surface area contributed by atoms with Gasteiger partial charge in [-0.15, -0.1) is 0 Å². The highest BCUT2D eigenvalue weighted by molar-refractivity contribution is 6.04. The molecule has 1 amide bonds. The topological polar surface area (TPSA) is 90.0 Å². The van der Waals surface area contributed by atoms with Crippen LogP contribution in [0, 0.1) is 12.7 Å². The van der Waals surface area contributed by atoms with Crippen LogP contribution in [-0.4, -0.2) is 52.0 Å². The molecule has 174 valence electrons. The van der Waals surface area contributed by atoms with Crippen molar-refractivity contribution < 1.29 is 19.0 Å². The van der Waals surface area contributed by atoms with Gasteiger partial charge < -0.3 is 25.0 Å². The molecule has 0 spiro atoms. The van der Waals surface area contributed by atoms with Crippen LogP contribution < -0.4 is 5.32 Å². The molecule has 1 saturated heterocycles. The first-order valence-corrected chi connectivity index (χ1v) is 11.0. The highest BCUT2D eigenvalue weighted by atomic mass is 19.1. The van der Waals surface area contributed by atoms with Gasteiger partial charge in [-0.3, -0.25) is 4.99 Å². The van der Waals surface area contributed by atoms with E-state index in [0.29, 0.717) is 36.4 Å². The Bertz CT molecular complexity index is 1210. The number of rotatable bonds is 4. The highest BCUT2D eigenvalue weighted by Gasteiger charge is 2.30. The summed E-state index contributed by atoms with van der Waals surface area (Å²) >= 11 is 0. The fraction of sp³-hybridized carbons (Fsp3) is 0.360. The van der Waals surface area contributed by atoms with Crippen molar-refractivity contribution in [2.45, 2.75) is 45.8 Å². The summed E-state index contributed by atoms with van der Waals surface area (Å²) in [5, 5.41) is 14.3. The smallest absolute Gasteiger partial charge is 0.410 e. The zero-order chi connectivity index (χ0) is 23.8. The van der Waals surface area contributed by atoms with Crippen LogP contribution in [-0.2, 0) is 4.74 Å². The number of nitrogens with zero attached hydrogens (tertiary/aromatic N) is 2. The predicted octanol–water partition coefficient (Wildman–Crippen LogP) is 5.49. The lowest BCUT2D eigenvalue weighted by molar-refractivity contribution is 0.0293. The Morgan fingerprint density at radius 1 is 1.33 bits per heavy atom. The number of amides is 1. The van der Waals surface area contributed by atoms with E-state index in [1.165, 1.54) is 6.07 Å². The van der Waals surface area contributed by atoms with Crippen molar-refractivity contribution in [1.82, 2.24) is 9.88 Å². The number of benzene rings is 2. The van der Waals surface area contributed by atoms with E-state index in [0.717, 1.165) is 16.5 Å². The fourth-order valence-corrected chi connectivity index (χ4v) is 4.00. The average molecular weight is 453 g/mol. The number of halogens is 1. The van der Waals surface area contributed by atoms with Crippen molar-refractivity contribution in [2.24, 2.45) is 4.99 Å². The Kier molecular flexibility index (Phi) is 6.01. The standard InChI is InChI=1S/C25H29FN4O3/c1-15-6-5-7-21-22(15)18(23(31)29-21)13-27-16-8-9-20(19(26)12-16)28-17-10-11-30(14-17)24(32)33-25(2,3)4/h5-9,12-13,17,28-29,31H,10-11,14H2,1-4H3. The van der Waals surface area contributed by atoms with Gasteiger partial charge in [0.25, 0.3) is 0 Å². The van der Waals surface area contributed by atoms with Crippen LogP contribution in [0.3, 0.4) is 0 Å². The molecule has 0 bridgehead atoms. The maximum absolute atomic E-state index is 14.7. The van der Waals surface area contributed by atoms with Crippen LogP contribution in [0.4, 0.5) is 20.6 Å². The molecule has 0 saturated carbocycles. The number of likely N-dealkylation sites (tertiary alicyclic amines) is 1. The van der Waals surface area contributed by atoms with Gasteiger partial charge in [0.15, 0.2) is 5.88 Å². The van der Waals surface area contributed by atoms with Crippen molar-refractivity contribution in [3.05, 3.63) is 53.3 Å². The Morgan fingerprint density at radius 2 is 2.12 bits per heavy atom. The summed E-state index contributed by atoms with van der Waals surface area (Å²) in [5.74, 6) is -0.405. The monoisotopic (exact) mass is 452 g/mol. The van der Waals surface area contributed by atoms with Crippen molar-refractivity contribution in [3.8, 4) is 5.88 Å². The van der Waals surface area contributed by atoms with Crippen LogP contribution in [0.1, 0.15) is 38.3 Å². The molecule has 0 aliphatic carbocycles. The van der Waals surface area contributed by atoms with Crippen LogP contribution in [0.25, 0.3) is 10.9 Å². The molecule has 1 fully saturated rings. The third-order valence-electron chi connectivity index (χ3n) is 5.55. The Hall–Kier alpha value is -3.55. The number of ether oxygens (including phenoxy) is 1. The van der Waals surface area contributed by atoms with Gasteiger partial charge in [0.05, 0.1) is 16.9 Å².